The molecule has 6 nitrogen and oxygen atoms in total. The summed E-state index contributed by atoms with van der Waals surface area (Å²) >= 11 is 0. The van der Waals surface area contributed by atoms with Gasteiger partial charge in [-0.3, -0.25) is 9.59 Å². The van der Waals surface area contributed by atoms with Gasteiger partial charge in [-0.05, 0) is 32.0 Å². The number of carbonyl (C=O) groups excluding carboxylic acids is 1. The van der Waals surface area contributed by atoms with E-state index in [1.54, 1.807) is 43.6 Å². The highest BCUT2D eigenvalue weighted by molar-refractivity contribution is 6.04. The van der Waals surface area contributed by atoms with Gasteiger partial charge in [0.1, 0.15) is 5.76 Å². The number of hydrogen-bond acceptors (Lipinski definition) is 4. The van der Waals surface area contributed by atoms with Crippen LogP contribution < -0.4 is 5.56 Å². The summed E-state index contributed by atoms with van der Waals surface area (Å²) in [6.07, 6.45) is 1.57. The first kappa shape index (κ1) is 16.0. The standard InChI is InChI=1S/C18H19N3O3/c1-12(2)21-17(22)15-9-5-4-8-14(15)16(19-21)18(23)20(3)11-13-7-6-10-24-13/h4-10,12H,11H2,1-3H3. The molecule has 24 heavy (non-hydrogen) atoms. The number of fused-ring (bicyclic) bond motifs is 1. The topological polar surface area (TPSA) is 68.3 Å². The lowest BCUT2D eigenvalue weighted by atomic mass is 10.1. The number of amides is 1. The predicted molar refractivity (Wildman–Crippen MR) is 90.9 cm³/mol. The fraction of sp³-hybridized carbons (Fsp3) is 0.278. The maximum Gasteiger partial charge on any atom is 0.275 e. The Hall–Kier alpha value is -2.89. The molecule has 0 bridgehead atoms. The van der Waals surface area contributed by atoms with Crippen LogP contribution in [-0.4, -0.2) is 27.6 Å². The maximum absolute atomic E-state index is 12.9. The summed E-state index contributed by atoms with van der Waals surface area (Å²) in [5.41, 5.74) is 0.0822. The summed E-state index contributed by atoms with van der Waals surface area (Å²) in [7, 11) is 1.69. The van der Waals surface area contributed by atoms with Gasteiger partial charge in [-0.2, -0.15) is 5.10 Å². The Morgan fingerprint density at radius 1 is 1.21 bits per heavy atom. The van der Waals surface area contributed by atoms with Crippen LogP contribution in [0, 0.1) is 0 Å². The molecule has 6 heteroatoms. The van der Waals surface area contributed by atoms with E-state index in [-0.39, 0.29) is 23.2 Å². The Morgan fingerprint density at radius 3 is 2.54 bits per heavy atom. The summed E-state index contributed by atoms with van der Waals surface area (Å²) in [6.45, 7) is 4.07. The molecule has 1 amide bonds. The third-order valence-corrected chi connectivity index (χ3v) is 3.84. The maximum atomic E-state index is 12.9. The summed E-state index contributed by atoms with van der Waals surface area (Å²) in [5, 5.41) is 5.39. The molecule has 3 aromatic rings. The van der Waals surface area contributed by atoms with E-state index < -0.39 is 0 Å². The molecular weight excluding hydrogens is 306 g/mol. The first-order valence-corrected chi connectivity index (χ1v) is 7.78. The van der Waals surface area contributed by atoms with E-state index in [0.29, 0.717) is 23.1 Å². The second-order valence-electron chi connectivity index (χ2n) is 5.98. The van der Waals surface area contributed by atoms with Gasteiger partial charge in [-0.15, -0.1) is 0 Å². The molecule has 0 saturated carbocycles. The van der Waals surface area contributed by atoms with Crippen molar-refractivity contribution in [1.82, 2.24) is 14.7 Å². The molecule has 0 aliphatic heterocycles. The van der Waals surface area contributed by atoms with E-state index in [1.807, 2.05) is 19.9 Å². The zero-order valence-corrected chi connectivity index (χ0v) is 13.9. The average molecular weight is 325 g/mol. The molecule has 3 rings (SSSR count). The number of nitrogens with zero attached hydrogens (tertiary/aromatic N) is 3. The number of rotatable bonds is 4. The smallest absolute Gasteiger partial charge is 0.275 e. The van der Waals surface area contributed by atoms with E-state index in [2.05, 4.69) is 5.10 Å². The number of aromatic nitrogens is 2. The highest BCUT2D eigenvalue weighted by Crippen LogP contribution is 2.17. The number of benzene rings is 1. The predicted octanol–water partition coefficient (Wildman–Crippen LogP) is 2.84. The average Bonchev–Trinajstić information content (AvgIpc) is 3.07. The molecule has 2 heterocycles. The molecule has 0 atom stereocenters. The van der Waals surface area contributed by atoms with Crippen molar-refractivity contribution in [2.24, 2.45) is 0 Å². The van der Waals surface area contributed by atoms with Gasteiger partial charge in [0.25, 0.3) is 11.5 Å². The Kier molecular flexibility index (Phi) is 4.20. The van der Waals surface area contributed by atoms with Gasteiger partial charge in [0.15, 0.2) is 5.69 Å². The summed E-state index contributed by atoms with van der Waals surface area (Å²) in [6, 6.07) is 10.5. The van der Waals surface area contributed by atoms with Gasteiger partial charge in [0.2, 0.25) is 0 Å². The van der Waals surface area contributed by atoms with Gasteiger partial charge in [0.05, 0.1) is 24.2 Å². The molecule has 124 valence electrons. The molecule has 0 spiro atoms. The number of carbonyl (C=O) groups is 1. The van der Waals surface area contributed by atoms with Crippen molar-refractivity contribution in [2.75, 3.05) is 7.05 Å². The molecule has 2 aromatic heterocycles. The van der Waals surface area contributed by atoms with Gasteiger partial charge in [-0.1, -0.05) is 18.2 Å². The SMILES string of the molecule is CC(C)n1nc(C(=O)N(C)Cc2ccco2)c2ccccc2c1=O. The van der Waals surface area contributed by atoms with Gasteiger partial charge in [0, 0.05) is 12.4 Å². The minimum atomic E-state index is -0.253. The second kappa shape index (κ2) is 6.31. The molecule has 0 N–H and O–H groups in total. The van der Waals surface area contributed by atoms with Crippen molar-refractivity contribution in [3.05, 3.63) is 64.5 Å². The van der Waals surface area contributed by atoms with E-state index in [9.17, 15) is 9.59 Å². The van der Waals surface area contributed by atoms with E-state index in [1.165, 1.54) is 9.58 Å². The zero-order valence-electron chi connectivity index (χ0n) is 13.9. The molecule has 0 aliphatic rings. The third-order valence-electron chi connectivity index (χ3n) is 3.84. The first-order chi connectivity index (χ1) is 11.5. The van der Waals surface area contributed by atoms with Crippen LogP contribution in [0.3, 0.4) is 0 Å². The Labute approximate surface area is 139 Å². The molecule has 0 unspecified atom stereocenters. The fourth-order valence-electron chi connectivity index (χ4n) is 2.60. The van der Waals surface area contributed by atoms with Crippen LogP contribution in [-0.2, 0) is 6.54 Å². The van der Waals surface area contributed by atoms with Crippen LogP contribution in [0.5, 0.6) is 0 Å². The molecule has 0 aliphatic carbocycles. The summed E-state index contributed by atoms with van der Waals surface area (Å²) in [4.78, 5) is 26.9. The monoisotopic (exact) mass is 325 g/mol. The molecule has 1 aromatic carbocycles. The molecule has 0 radical (unpaired) electrons. The van der Waals surface area contributed by atoms with E-state index in [0.717, 1.165) is 0 Å². The summed E-state index contributed by atoms with van der Waals surface area (Å²) in [5.74, 6) is 0.435. The Balaban J connectivity index is 2.09. The van der Waals surface area contributed by atoms with Crippen molar-refractivity contribution < 1.29 is 9.21 Å². The van der Waals surface area contributed by atoms with Crippen LogP contribution in [0.1, 0.15) is 36.1 Å². The van der Waals surface area contributed by atoms with Gasteiger partial charge in [-0.25, -0.2) is 4.68 Å². The first-order valence-electron chi connectivity index (χ1n) is 7.78. The van der Waals surface area contributed by atoms with E-state index >= 15 is 0 Å². The van der Waals surface area contributed by atoms with Crippen LogP contribution in [0.25, 0.3) is 10.8 Å². The molecular formula is C18H19N3O3. The zero-order chi connectivity index (χ0) is 17.3. The normalized spacial score (nSPS) is 11.2. The largest absolute Gasteiger partial charge is 0.467 e. The van der Waals surface area contributed by atoms with Crippen LogP contribution in [0.15, 0.2) is 51.9 Å². The van der Waals surface area contributed by atoms with Crippen LogP contribution >= 0.6 is 0 Å². The van der Waals surface area contributed by atoms with E-state index in [4.69, 9.17) is 4.42 Å². The lowest BCUT2D eigenvalue weighted by Crippen LogP contribution is -2.32. The Bertz CT molecular complexity index is 926. The minimum absolute atomic E-state index is 0.135. The third kappa shape index (κ3) is 2.82. The minimum Gasteiger partial charge on any atom is -0.467 e. The fourth-order valence-corrected chi connectivity index (χ4v) is 2.60. The van der Waals surface area contributed by atoms with Crippen LogP contribution in [0.2, 0.25) is 0 Å². The van der Waals surface area contributed by atoms with Crippen molar-refractivity contribution in [1.29, 1.82) is 0 Å². The van der Waals surface area contributed by atoms with Crippen LogP contribution in [0.4, 0.5) is 0 Å². The van der Waals surface area contributed by atoms with Crippen molar-refractivity contribution in [3.8, 4) is 0 Å². The van der Waals surface area contributed by atoms with Crippen molar-refractivity contribution in [2.45, 2.75) is 26.4 Å². The second-order valence-corrected chi connectivity index (χ2v) is 5.98. The summed E-state index contributed by atoms with van der Waals surface area (Å²) < 4.78 is 6.65. The number of hydrogen-bond donors (Lipinski definition) is 0. The van der Waals surface area contributed by atoms with Crippen molar-refractivity contribution in [3.63, 3.8) is 0 Å². The highest BCUT2D eigenvalue weighted by atomic mass is 16.3. The Morgan fingerprint density at radius 2 is 1.92 bits per heavy atom. The van der Waals surface area contributed by atoms with Crippen molar-refractivity contribution >= 4 is 16.7 Å². The number of furan rings is 1. The quantitative estimate of drug-likeness (QED) is 0.740. The molecule has 0 fully saturated rings. The lowest BCUT2D eigenvalue weighted by molar-refractivity contribution is 0.0769. The van der Waals surface area contributed by atoms with Gasteiger partial charge >= 0.3 is 0 Å². The van der Waals surface area contributed by atoms with Gasteiger partial charge < -0.3 is 9.32 Å². The highest BCUT2D eigenvalue weighted by Gasteiger charge is 2.21. The lowest BCUT2D eigenvalue weighted by Gasteiger charge is -2.18. The molecule has 0 saturated heterocycles.